The van der Waals surface area contributed by atoms with Crippen molar-refractivity contribution in [1.82, 2.24) is 25.3 Å². The van der Waals surface area contributed by atoms with Crippen LogP contribution in [0.25, 0.3) is 22.0 Å². The van der Waals surface area contributed by atoms with Gasteiger partial charge in [0.1, 0.15) is 18.7 Å². The van der Waals surface area contributed by atoms with Gasteiger partial charge in [0, 0.05) is 54.8 Å². The second kappa shape index (κ2) is 11.2. The molecule has 0 unspecified atom stereocenters. The van der Waals surface area contributed by atoms with Crippen LogP contribution in [0.1, 0.15) is 12.0 Å². The maximum absolute atomic E-state index is 11.7. The summed E-state index contributed by atoms with van der Waals surface area (Å²) in [6.45, 7) is 3.13. The summed E-state index contributed by atoms with van der Waals surface area (Å²) in [5.74, 6) is 1.03. The third-order valence-electron chi connectivity index (χ3n) is 5.02. The smallest absolute Gasteiger partial charge is 0.227 e. The average molecular weight is 459 g/mol. The molecule has 0 atom stereocenters. The summed E-state index contributed by atoms with van der Waals surface area (Å²) in [6.07, 6.45) is 7.08. The van der Waals surface area contributed by atoms with Gasteiger partial charge in [0.25, 0.3) is 0 Å². The molecule has 34 heavy (non-hydrogen) atoms. The summed E-state index contributed by atoms with van der Waals surface area (Å²) in [6, 6.07) is 11.8. The van der Waals surface area contributed by atoms with Crippen molar-refractivity contribution < 1.29 is 14.3 Å². The largest absolute Gasteiger partial charge is 0.492 e. The Morgan fingerprint density at radius 3 is 2.68 bits per heavy atom. The highest BCUT2D eigenvalue weighted by Crippen LogP contribution is 2.29. The van der Waals surface area contributed by atoms with E-state index in [1.165, 1.54) is 6.33 Å². The molecule has 0 aliphatic carbocycles. The van der Waals surface area contributed by atoms with E-state index in [0.717, 1.165) is 33.3 Å². The summed E-state index contributed by atoms with van der Waals surface area (Å²) >= 11 is 0. The van der Waals surface area contributed by atoms with E-state index in [4.69, 9.17) is 9.47 Å². The number of hydrogen-bond acceptors (Lipinski definition) is 8. The molecule has 4 rings (SSSR count). The highest BCUT2D eigenvalue weighted by Gasteiger charge is 2.08. The summed E-state index contributed by atoms with van der Waals surface area (Å²) in [7, 11) is 1.57. The molecular weight excluding hydrogens is 432 g/mol. The van der Waals surface area contributed by atoms with Gasteiger partial charge < -0.3 is 20.1 Å². The molecule has 0 aliphatic rings. The van der Waals surface area contributed by atoms with E-state index in [1.807, 2.05) is 37.3 Å². The predicted octanol–water partition coefficient (Wildman–Crippen LogP) is 3.67. The summed E-state index contributed by atoms with van der Waals surface area (Å²) < 4.78 is 10.8. The van der Waals surface area contributed by atoms with Crippen molar-refractivity contribution in [3.63, 3.8) is 0 Å². The van der Waals surface area contributed by atoms with Crippen molar-refractivity contribution in [2.45, 2.75) is 13.3 Å². The van der Waals surface area contributed by atoms with Gasteiger partial charge in [-0.25, -0.2) is 19.9 Å². The molecule has 174 valence electrons. The lowest BCUT2D eigenvalue weighted by atomic mass is 10.1. The van der Waals surface area contributed by atoms with Crippen LogP contribution in [0, 0.1) is 6.92 Å². The van der Waals surface area contributed by atoms with Crippen molar-refractivity contribution >= 4 is 28.4 Å². The topological polar surface area (TPSA) is 111 Å². The zero-order valence-electron chi connectivity index (χ0n) is 19.1. The number of ether oxygens (including phenoxy) is 2. The molecule has 0 spiro atoms. The Morgan fingerprint density at radius 1 is 1.00 bits per heavy atom. The van der Waals surface area contributed by atoms with Gasteiger partial charge in [-0.2, -0.15) is 0 Å². The number of hydrogen-bond donors (Lipinski definition) is 2. The van der Waals surface area contributed by atoms with E-state index in [2.05, 4.69) is 36.6 Å². The fraction of sp³-hybridized carbons (Fsp3) is 0.240. The Hall–Kier alpha value is -4.11. The molecule has 1 amide bonds. The first-order valence-electron chi connectivity index (χ1n) is 10.9. The van der Waals surface area contributed by atoms with Crippen LogP contribution in [0.15, 0.2) is 61.3 Å². The highest BCUT2D eigenvalue weighted by atomic mass is 16.5. The van der Waals surface area contributed by atoms with Gasteiger partial charge in [-0.15, -0.1) is 0 Å². The van der Waals surface area contributed by atoms with E-state index < -0.39 is 0 Å². The standard InChI is InChI=1S/C25H26N6O3/c1-17-3-4-23-19(9-17)15-29-25(31-23)30-21-10-18(20-13-26-16-27-14-20)11-22(12-21)34-8-6-28-24(32)5-7-33-2/h3-4,9-16H,5-8H2,1-2H3,(H,28,32)(H,29,30,31). The Bertz CT molecular complexity index is 1270. The first kappa shape index (κ1) is 23.1. The zero-order valence-corrected chi connectivity index (χ0v) is 19.1. The fourth-order valence-corrected chi connectivity index (χ4v) is 3.35. The number of carbonyl (C=O) groups is 1. The van der Waals surface area contributed by atoms with Crippen molar-refractivity contribution in [2.24, 2.45) is 0 Å². The number of aryl methyl sites for hydroxylation is 1. The second-order valence-corrected chi connectivity index (χ2v) is 7.70. The predicted molar refractivity (Wildman–Crippen MR) is 130 cm³/mol. The lowest BCUT2D eigenvalue weighted by molar-refractivity contribution is -0.122. The molecule has 9 heteroatoms. The Labute approximate surface area is 197 Å². The van der Waals surface area contributed by atoms with Gasteiger partial charge in [0.05, 0.1) is 18.7 Å². The van der Waals surface area contributed by atoms with E-state index >= 15 is 0 Å². The van der Waals surface area contributed by atoms with Crippen LogP contribution in [-0.4, -0.2) is 52.7 Å². The minimum absolute atomic E-state index is 0.0772. The first-order chi connectivity index (χ1) is 16.6. The van der Waals surface area contributed by atoms with Crippen LogP contribution in [0.3, 0.4) is 0 Å². The second-order valence-electron chi connectivity index (χ2n) is 7.70. The normalized spacial score (nSPS) is 10.8. The van der Waals surface area contributed by atoms with E-state index in [0.29, 0.717) is 37.9 Å². The quantitative estimate of drug-likeness (QED) is 0.346. The summed E-state index contributed by atoms with van der Waals surface area (Å²) in [4.78, 5) is 29.0. The van der Waals surface area contributed by atoms with Crippen molar-refractivity contribution in [3.05, 3.63) is 66.9 Å². The first-order valence-corrected chi connectivity index (χ1v) is 10.9. The Kier molecular flexibility index (Phi) is 7.56. The molecule has 2 heterocycles. The number of aromatic nitrogens is 4. The minimum atomic E-state index is -0.0772. The number of fused-ring (bicyclic) bond motifs is 1. The molecule has 0 saturated heterocycles. The van der Waals surface area contributed by atoms with Gasteiger partial charge >= 0.3 is 0 Å². The molecule has 4 aromatic rings. The SMILES string of the molecule is COCCC(=O)NCCOc1cc(Nc2ncc3cc(C)ccc3n2)cc(-c2cncnc2)c1. The number of benzene rings is 2. The van der Waals surface area contributed by atoms with Crippen LogP contribution in [0.5, 0.6) is 5.75 Å². The molecular formula is C25H26N6O3. The molecule has 2 N–H and O–H groups in total. The molecule has 0 bridgehead atoms. The molecule has 2 aromatic heterocycles. The number of anilines is 2. The van der Waals surface area contributed by atoms with E-state index in [9.17, 15) is 4.79 Å². The average Bonchev–Trinajstić information content (AvgIpc) is 2.86. The van der Waals surface area contributed by atoms with Crippen LogP contribution in [0.2, 0.25) is 0 Å². The van der Waals surface area contributed by atoms with Gasteiger partial charge in [-0.1, -0.05) is 11.6 Å². The number of nitrogens with zero attached hydrogens (tertiary/aromatic N) is 4. The molecule has 0 saturated carbocycles. The van der Waals surface area contributed by atoms with Gasteiger partial charge in [-0.3, -0.25) is 4.79 Å². The molecule has 0 aliphatic heterocycles. The third kappa shape index (κ3) is 6.23. The fourth-order valence-electron chi connectivity index (χ4n) is 3.35. The van der Waals surface area contributed by atoms with Crippen molar-refractivity contribution in [1.29, 1.82) is 0 Å². The van der Waals surface area contributed by atoms with Crippen molar-refractivity contribution in [3.8, 4) is 16.9 Å². The summed E-state index contributed by atoms with van der Waals surface area (Å²) in [5, 5.41) is 7.06. The molecule has 9 nitrogen and oxygen atoms in total. The van der Waals surface area contributed by atoms with E-state index in [-0.39, 0.29) is 5.91 Å². The Balaban J connectivity index is 1.52. The number of rotatable bonds is 10. The van der Waals surface area contributed by atoms with Crippen molar-refractivity contribution in [2.75, 3.05) is 32.2 Å². The lowest BCUT2D eigenvalue weighted by Gasteiger charge is -2.13. The zero-order chi connectivity index (χ0) is 23.8. The van der Waals surface area contributed by atoms with Gasteiger partial charge in [0.15, 0.2) is 0 Å². The molecule has 0 radical (unpaired) electrons. The number of methoxy groups -OCH3 is 1. The Morgan fingerprint density at radius 2 is 1.85 bits per heavy atom. The lowest BCUT2D eigenvalue weighted by Crippen LogP contribution is -2.28. The number of nitrogens with one attached hydrogen (secondary N) is 2. The number of amides is 1. The molecule has 2 aromatic carbocycles. The maximum Gasteiger partial charge on any atom is 0.227 e. The highest BCUT2D eigenvalue weighted by molar-refractivity contribution is 5.80. The number of carbonyl (C=O) groups excluding carboxylic acids is 1. The third-order valence-corrected chi connectivity index (χ3v) is 5.02. The molecule has 0 fully saturated rings. The van der Waals surface area contributed by atoms with E-state index in [1.54, 1.807) is 25.7 Å². The van der Waals surface area contributed by atoms with Crippen LogP contribution >= 0.6 is 0 Å². The summed E-state index contributed by atoms with van der Waals surface area (Å²) in [5.41, 5.74) is 4.49. The maximum atomic E-state index is 11.7. The van der Waals surface area contributed by atoms with Crippen LogP contribution in [0.4, 0.5) is 11.6 Å². The monoisotopic (exact) mass is 458 g/mol. The van der Waals surface area contributed by atoms with Crippen LogP contribution in [-0.2, 0) is 9.53 Å². The van der Waals surface area contributed by atoms with Gasteiger partial charge in [-0.05, 0) is 36.8 Å². The minimum Gasteiger partial charge on any atom is -0.492 e. The van der Waals surface area contributed by atoms with Gasteiger partial charge in [0.2, 0.25) is 11.9 Å². The van der Waals surface area contributed by atoms with Crippen LogP contribution < -0.4 is 15.4 Å².